The van der Waals surface area contributed by atoms with E-state index in [1.165, 1.54) is 18.5 Å². The van der Waals surface area contributed by atoms with Crippen molar-refractivity contribution in [2.75, 3.05) is 0 Å². The SMILES string of the molecule is [C-]#[N+]c1c(C)c(N=Nc2nc(C#N)c(C#N)n2C)c(=O)n(-c2cc(C)cc(C)c2)c1O. The first-order valence-electron chi connectivity index (χ1n) is 8.96. The molecule has 2 heterocycles. The van der Waals surface area contributed by atoms with Gasteiger partial charge < -0.3 is 9.67 Å². The minimum atomic E-state index is -0.675. The normalized spacial score (nSPS) is 10.6. The van der Waals surface area contributed by atoms with Gasteiger partial charge in [0.05, 0.1) is 12.3 Å². The molecule has 0 spiro atoms. The van der Waals surface area contributed by atoms with Gasteiger partial charge in [-0.15, -0.1) is 10.2 Å². The Balaban J connectivity index is 2.28. The number of imidazole rings is 1. The van der Waals surface area contributed by atoms with Crippen molar-refractivity contribution in [3.63, 3.8) is 0 Å². The Labute approximate surface area is 177 Å². The second kappa shape index (κ2) is 7.94. The number of rotatable bonds is 3. The molecule has 1 N–H and O–H groups in total. The third-order valence-corrected chi connectivity index (χ3v) is 4.64. The van der Waals surface area contributed by atoms with E-state index in [0.717, 1.165) is 15.7 Å². The molecule has 0 radical (unpaired) electrons. The summed E-state index contributed by atoms with van der Waals surface area (Å²) in [7, 11) is 1.49. The Bertz CT molecular complexity index is 1420. The zero-order valence-electron chi connectivity index (χ0n) is 17.2. The highest BCUT2D eigenvalue weighted by molar-refractivity contribution is 5.69. The molecule has 0 aliphatic rings. The number of hydrogen-bond acceptors (Lipinski definition) is 7. The van der Waals surface area contributed by atoms with E-state index in [-0.39, 0.29) is 34.3 Å². The second-order valence-electron chi connectivity index (χ2n) is 6.84. The maximum atomic E-state index is 13.2. The highest BCUT2D eigenvalue weighted by Crippen LogP contribution is 2.36. The molecule has 1 aromatic carbocycles. The molecule has 10 heteroatoms. The molecule has 2 aromatic heterocycles. The van der Waals surface area contributed by atoms with Crippen LogP contribution in [-0.4, -0.2) is 19.2 Å². The van der Waals surface area contributed by atoms with E-state index in [9.17, 15) is 15.2 Å². The fourth-order valence-electron chi connectivity index (χ4n) is 3.20. The van der Waals surface area contributed by atoms with Gasteiger partial charge in [-0.1, -0.05) is 6.07 Å². The molecule has 152 valence electrons. The number of aromatic nitrogens is 3. The minimum absolute atomic E-state index is 0.00775. The Morgan fingerprint density at radius 1 is 1.13 bits per heavy atom. The lowest BCUT2D eigenvalue weighted by Crippen LogP contribution is -2.19. The minimum Gasteiger partial charge on any atom is -0.502 e. The first kappa shape index (κ1) is 21.0. The number of azo groups is 1. The number of nitrogens with zero attached hydrogens (tertiary/aromatic N) is 8. The topological polar surface area (TPSA) is 137 Å². The van der Waals surface area contributed by atoms with Crippen molar-refractivity contribution in [3.8, 4) is 23.7 Å². The van der Waals surface area contributed by atoms with Crippen LogP contribution in [0.2, 0.25) is 0 Å². The number of aromatic hydroxyl groups is 1. The summed E-state index contributed by atoms with van der Waals surface area (Å²) in [6.45, 7) is 12.6. The van der Waals surface area contributed by atoms with Gasteiger partial charge in [-0.05, 0) is 49.6 Å². The van der Waals surface area contributed by atoms with E-state index in [0.29, 0.717) is 5.69 Å². The van der Waals surface area contributed by atoms with Crippen molar-refractivity contribution in [1.29, 1.82) is 10.5 Å². The Hall–Kier alpha value is -4.75. The lowest BCUT2D eigenvalue weighted by molar-refractivity contribution is 0.439. The summed E-state index contributed by atoms with van der Waals surface area (Å²) >= 11 is 0. The van der Waals surface area contributed by atoms with Gasteiger partial charge in [-0.2, -0.15) is 15.5 Å². The van der Waals surface area contributed by atoms with Crippen molar-refractivity contribution in [2.45, 2.75) is 20.8 Å². The predicted octanol–water partition coefficient (Wildman–Crippen LogP) is 3.91. The van der Waals surface area contributed by atoms with Crippen LogP contribution in [0.4, 0.5) is 17.3 Å². The van der Waals surface area contributed by atoms with E-state index in [1.54, 1.807) is 18.2 Å². The van der Waals surface area contributed by atoms with Crippen molar-refractivity contribution < 1.29 is 5.11 Å². The molecule has 10 nitrogen and oxygen atoms in total. The maximum absolute atomic E-state index is 13.2. The summed E-state index contributed by atoms with van der Waals surface area (Å²) in [5.41, 5.74) is 1.20. The van der Waals surface area contributed by atoms with Crippen LogP contribution >= 0.6 is 0 Å². The summed E-state index contributed by atoms with van der Waals surface area (Å²) in [5, 5.41) is 36.8. The van der Waals surface area contributed by atoms with Gasteiger partial charge in [-0.3, -0.25) is 9.36 Å². The van der Waals surface area contributed by atoms with Crippen molar-refractivity contribution in [1.82, 2.24) is 14.1 Å². The fourth-order valence-corrected chi connectivity index (χ4v) is 3.20. The molecule has 0 saturated heterocycles. The number of pyridine rings is 1. The fraction of sp³-hybridized carbons (Fsp3) is 0.190. The molecule has 3 rings (SSSR count). The summed E-state index contributed by atoms with van der Waals surface area (Å²) in [6.07, 6.45) is 0. The third kappa shape index (κ3) is 3.52. The number of benzene rings is 1. The summed E-state index contributed by atoms with van der Waals surface area (Å²) < 4.78 is 2.28. The maximum Gasteiger partial charge on any atom is 0.283 e. The van der Waals surface area contributed by atoms with Crippen molar-refractivity contribution in [2.24, 2.45) is 17.3 Å². The largest absolute Gasteiger partial charge is 0.502 e. The van der Waals surface area contributed by atoms with Gasteiger partial charge in [0.25, 0.3) is 17.2 Å². The Morgan fingerprint density at radius 3 is 2.29 bits per heavy atom. The molecule has 0 aliphatic heterocycles. The zero-order chi connectivity index (χ0) is 22.9. The number of hydrogen-bond donors (Lipinski definition) is 1. The van der Waals surface area contributed by atoms with Gasteiger partial charge in [0.1, 0.15) is 17.8 Å². The predicted molar refractivity (Wildman–Crippen MR) is 111 cm³/mol. The highest BCUT2D eigenvalue weighted by atomic mass is 16.3. The van der Waals surface area contributed by atoms with Gasteiger partial charge in [-0.25, -0.2) is 4.85 Å². The van der Waals surface area contributed by atoms with Crippen molar-refractivity contribution >= 4 is 17.3 Å². The standard InChI is InChI=1S/C21H16N8O2/c1-11-6-12(2)8-14(7-11)29-19(30)17(24-4)13(3)18(20(29)31)26-27-21-25-15(9-22)16(10-23)28(21)5/h6-8,30H,1-3,5H3. The molecule has 0 unspecified atom stereocenters. The van der Waals surface area contributed by atoms with Crippen LogP contribution in [0, 0.1) is 50.0 Å². The average molecular weight is 412 g/mol. The van der Waals surface area contributed by atoms with E-state index < -0.39 is 11.4 Å². The molecule has 0 fully saturated rings. The van der Waals surface area contributed by atoms with E-state index >= 15 is 0 Å². The van der Waals surface area contributed by atoms with E-state index in [1.807, 2.05) is 26.0 Å². The highest BCUT2D eigenvalue weighted by Gasteiger charge is 2.21. The van der Waals surface area contributed by atoms with Crippen LogP contribution in [0.25, 0.3) is 10.5 Å². The summed E-state index contributed by atoms with van der Waals surface area (Å²) in [6, 6.07) is 8.98. The lowest BCUT2D eigenvalue weighted by Gasteiger charge is -2.14. The molecule has 0 saturated carbocycles. The summed E-state index contributed by atoms with van der Waals surface area (Å²) in [4.78, 5) is 20.5. The zero-order valence-corrected chi connectivity index (χ0v) is 17.2. The Kier molecular flexibility index (Phi) is 5.37. The molecule has 31 heavy (non-hydrogen) atoms. The van der Waals surface area contributed by atoms with Gasteiger partial charge in [0.15, 0.2) is 11.4 Å². The van der Waals surface area contributed by atoms with Crippen LogP contribution in [0.1, 0.15) is 28.1 Å². The number of nitriles is 2. The molecular weight excluding hydrogens is 396 g/mol. The molecule has 3 aromatic rings. The van der Waals surface area contributed by atoms with E-state index in [4.69, 9.17) is 11.8 Å². The van der Waals surface area contributed by atoms with Gasteiger partial charge in [0.2, 0.25) is 5.88 Å². The molecule has 0 aliphatic carbocycles. The van der Waals surface area contributed by atoms with E-state index in [2.05, 4.69) is 20.1 Å². The second-order valence-corrected chi connectivity index (χ2v) is 6.84. The van der Waals surface area contributed by atoms with Crippen LogP contribution in [-0.2, 0) is 7.05 Å². The first-order valence-corrected chi connectivity index (χ1v) is 8.96. The third-order valence-electron chi connectivity index (χ3n) is 4.64. The molecule has 0 amide bonds. The number of aryl methyl sites for hydroxylation is 2. The van der Waals surface area contributed by atoms with Crippen LogP contribution < -0.4 is 5.56 Å². The molecule has 0 atom stereocenters. The van der Waals surface area contributed by atoms with Crippen molar-refractivity contribution in [3.05, 3.63) is 68.0 Å². The Morgan fingerprint density at radius 2 is 1.77 bits per heavy atom. The van der Waals surface area contributed by atoms with Gasteiger partial charge >= 0.3 is 0 Å². The van der Waals surface area contributed by atoms with Gasteiger partial charge in [0, 0.05) is 7.05 Å². The summed E-state index contributed by atoms with van der Waals surface area (Å²) in [5.74, 6) is -0.542. The first-order chi connectivity index (χ1) is 14.7. The molecular formula is C21H16N8O2. The van der Waals surface area contributed by atoms with Crippen LogP contribution in [0.3, 0.4) is 0 Å². The lowest BCUT2D eigenvalue weighted by atomic mass is 10.1. The van der Waals surface area contributed by atoms with Crippen LogP contribution in [0.15, 0.2) is 33.2 Å². The quantitative estimate of drug-likeness (QED) is 0.513. The molecule has 0 bridgehead atoms. The smallest absolute Gasteiger partial charge is 0.283 e. The average Bonchev–Trinajstić information content (AvgIpc) is 3.02. The van der Waals surface area contributed by atoms with Crippen LogP contribution in [0.5, 0.6) is 5.88 Å². The monoisotopic (exact) mass is 412 g/mol.